The minimum Gasteiger partial charge on any atom is -0.463 e. The van der Waals surface area contributed by atoms with E-state index in [2.05, 4.69) is 0 Å². The molecule has 4 heteroatoms. The normalized spacial score (nSPS) is 33.4. The molecule has 1 saturated carbocycles. The molecular formula is C13H24O4. The molecule has 0 aromatic heterocycles. The Hall–Kier alpha value is -0.610. The van der Waals surface area contributed by atoms with E-state index in [9.17, 15) is 9.90 Å². The van der Waals surface area contributed by atoms with Gasteiger partial charge in [0.1, 0.15) is 6.61 Å². The van der Waals surface area contributed by atoms with Crippen LogP contribution in [0.5, 0.6) is 0 Å². The first-order valence-corrected chi connectivity index (χ1v) is 6.23. The first-order chi connectivity index (χ1) is 7.77. The molecule has 3 atom stereocenters. The molecule has 0 aromatic carbocycles. The van der Waals surface area contributed by atoms with Gasteiger partial charge in [-0.3, -0.25) is 4.79 Å². The average molecular weight is 244 g/mol. The lowest BCUT2D eigenvalue weighted by molar-refractivity contribution is -0.155. The molecule has 1 fully saturated rings. The molecule has 0 aromatic rings. The van der Waals surface area contributed by atoms with E-state index in [1.807, 2.05) is 20.8 Å². The number of esters is 1. The second-order valence-electron chi connectivity index (χ2n) is 5.80. The van der Waals surface area contributed by atoms with Crippen molar-refractivity contribution in [3.05, 3.63) is 0 Å². The van der Waals surface area contributed by atoms with E-state index in [1.54, 1.807) is 6.92 Å². The van der Waals surface area contributed by atoms with Gasteiger partial charge in [-0.25, -0.2) is 0 Å². The molecule has 4 nitrogen and oxygen atoms in total. The van der Waals surface area contributed by atoms with Gasteiger partial charge in [0.05, 0.1) is 18.6 Å². The maximum atomic E-state index is 11.9. The van der Waals surface area contributed by atoms with Gasteiger partial charge < -0.3 is 14.9 Å². The summed E-state index contributed by atoms with van der Waals surface area (Å²) in [6.45, 7) is 7.73. The topological polar surface area (TPSA) is 66.8 Å². The minimum absolute atomic E-state index is 0.0524. The Morgan fingerprint density at radius 3 is 2.47 bits per heavy atom. The molecule has 100 valence electrons. The smallest absolute Gasteiger partial charge is 0.309 e. The summed E-state index contributed by atoms with van der Waals surface area (Å²) in [5.74, 6) is -0.456. The SMILES string of the molecule is CC(O)[C@]1(C)CC[C@H](C(=O)OCCO)C1(C)C. The van der Waals surface area contributed by atoms with Crippen LogP contribution in [0.4, 0.5) is 0 Å². The first kappa shape index (κ1) is 14.5. The van der Waals surface area contributed by atoms with Crippen LogP contribution in [0.25, 0.3) is 0 Å². The van der Waals surface area contributed by atoms with E-state index < -0.39 is 6.10 Å². The van der Waals surface area contributed by atoms with Crippen molar-refractivity contribution in [2.24, 2.45) is 16.7 Å². The van der Waals surface area contributed by atoms with Crippen LogP contribution >= 0.6 is 0 Å². The highest BCUT2D eigenvalue weighted by Crippen LogP contribution is 2.57. The number of hydrogen-bond donors (Lipinski definition) is 2. The fourth-order valence-corrected chi connectivity index (χ4v) is 2.93. The molecular weight excluding hydrogens is 220 g/mol. The number of rotatable bonds is 4. The maximum absolute atomic E-state index is 11.9. The van der Waals surface area contributed by atoms with Gasteiger partial charge in [-0.1, -0.05) is 20.8 Å². The highest BCUT2D eigenvalue weighted by Gasteiger charge is 2.56. The lowest BCUT2D eigenvalue weighted by Gasteiger charge is -2.43. The zero-order valence-corrected chi connectivity index (χ0v) is 11.2. The highest BCUT2D eigenvalue weighted by atomic mass is 16.5. The largest absolute Gasteiger partial charge is 0.463 e. The van der Waals surface area contributed by atoms with Crippen molar-refractivity contribution in [2.45, 2.75) is 46.6 Å². The predicted octanol–water partition coefficient (Wildman–Crippen LogP) is 1.35. The standard InChI is InChI=1S/C13H24O4/c1-9(15)13(4)6-5-10(12(13,2)3)11(16)17-8-7-14/h9-10,14-15H,5-8H2,1-4H3/t9?,10-,13+/m1/s1. The minimum atomic E-state index is -0.451. The highest BCUT2D eigenvalue weighted by molar-refractivity contribution is 5.74. The van der Waals surface area contributed by atoms with Crippen molar-refractivity contribution in [3.63, 3.8) is 0 Å². The second-order valence-corrected chi connectivity index (χ2v) is 5.80. The maximum Gasteiger partial charge on any atom is 0.309 e. The monoisotopic (exact) mass is 244 g/mol. The summed E-state index contributed by atoms with van der Waals surface area (Å²) in [5, 5.41) is 18.6. The van der Waals surface area contributed by atoms with Crippen molar-refractivity contribution in [1.29, 1.82) is 0 Å². The number of aliphatic hydroxyl groups excluding tert-OH is 2. The number of ether oxygens (including phenoxy) is 1. The van der Waals surface area contributed by atoms with E-state index in [0.717, 1.165) is 12.8 Å². The number of hydrogen-bond acceptors (Lipinski definition) is 4. The summed E-state index contributed by atoms with van der Waals surface area (Å²) in [4.78, 5) is 11.9. The Morgan fingerprint density at radius 2 is 2.06 bits per heavy atom. The third-order valence-corrected chi connectivity index (χ3v) is 4.84. The first-order valence-electron chi connectivity index (χ1n) is 6.23. The van der Waals surface area contributed by atoms with Gasteiger partial charge in [-0.05, 0) is 30.6 Å². The van der Waals surface area contributed by atoms with Crippen molar-refractivity contribution in [2.75, 3.05) is 13.2 Å². The zero-order valence-electron chi connectivity index (χ0n) is 11.2. The Morgan fingerprint density at radius 1 is 1.47 bits per heavy atom. The van der Waals surface area contributed by atoms with Crippen LogP contribution in [0.2, 0.25) is 0 Å². The van der Waals surface area contributed by atoms with Crippen LogP contribution in [0.1, 0.15) is 40.5 Å². The van der Waals surface area contributed by atoms with Crippen LogP contribution in [0.15, 0.2) is 0 Å². The van der Waals surface area contributed by atoms with Gasteiger partial charge in [-0.2, -0.15) is 0 Å². The summed E-state index contributed by atoms with van der Waals surface area (Å²) in [6.07, 6.45) is 1.10. The molecule has 17 heavy (non-hydrogen) atoms. The average Bonchev–Trinajstić information content (AvgIpc) is 2.48. The van der Waals surface area contributed by atoms with E-state index in [4.69, 9.17) is 9.84 Å². The van der Waals surface area contributed by atoms with Crippen LogP contribution < -0.4 is 0 Å². The van der Waals surface area contributed by atoms with Gasteiger partial charge in [0.25, 0.3) is 0 Å². The molecule has 0 heterocycles. The molecule has 0 radical (unpaired) electrons. The number of carbonyl (C=O) groups excluding carboxylic acids is 1. The number of carbonyl (C=O) groups is 1. The fourth-order valence-electron chi connectivity index (χ4n) is 2.93. The lowest BCUT2D eigenvalue weighted by Crippen LogP contribution is -2.44. The summed E-state index contributed by atoms with van der Waals surface area (Å²) in [5.41, 5.74) is -0.566. The van der Waals surface area contributed by atoms with Gasteiger partial charge in [-0.15, -0.1) is 0 Å². The van der Waals surface area contributed by atoms with E-state index in [0.29, 0.717) is 0 Å². The van der Waals surface area contributed by atoms with E-state index in [1.165, 1.54) is 0 Å². The third-order valence-electron chi connectivity index (χ3n) is 4.84. The lowest BCUT2D eigenvalue weighted by atomic mass is 9.63. The van der Waals surface area contributed by atoms with Crippen LogP contribution in [-0.2, 0) is 9.53 Å². The quantitative estimate of drug-likeness (QED) is 0.732. The van der Waals surface area contributed by atoms with E-state index in [-0.39, 0.29) is 35.9 Å². The van der Waals surface area contributed by atoms with Crippen LogP contribution in [0, 0.1) is 16.7 Å². The van der Waals surface area contributed by atoms with Gasteiger partial charge in [0.15, 0.2) is 0 Å². The van der Waals surface area contributed by atoms with Gasteiger partial charge in [0.2, 0.25) is 0 Å². The molecule has 1 aliphatic rings. The Bertz CT molecular complexity index is 285. The molecule has 0 saturated heterocycles. The Kier molecular flexibility index (Phi) is 4.20. The van der Waals surface area contributed by atoms with Crippen molar-refractivity contribution in [3.8, 4) is 0 Å². The second kappa shape index (κ2) is 4.94. The van der Waals surface area contributed by atoms with E-state index >= 15 is 0 Å². The molecule has 0 aliphatic heterocycles. The summed E-state index contributed by atoms with van der Waals surface area (Å²) in [6, 6.07) is 0. The molecule has 1 rings (SSSR count). The van der Waals surface area contributed by atoms with Gasteiger partial charge in [0, 0.05) is 0 Å². The molecule has 1 unspecified atom stereocenters. The predicted molar refractivity (Wildman–Crippen MR) is 64.3 cm³/mol. The zero-order chi connectivity index (χ0) is 13.3. The van der Waals surface area contributed by atoms with Crippen LogP contribution in [0.3, 0.4) is 0 Å². The van der Waals surface area contributed by atoms with Crippen LogP contribution in [-0.4, -0.2) is 35.5 Å². The van der Waals surface area contributed by atoms with Crippen molar-refractivity contribution >= 4 is 5.97 Å². The molecule has 0 bridgehead atoms. The molecule has 2 N–H and O–H groups in total. The Balaban J connectivity index is 2.82. The fraction of sp³-hybridized carbons (Fsp3) is 0.923. The molecule has 0 amide bonds. The number of aliphatic hydroxyl groups is 2. The van der Waals surface area contributed by atoms with Crippen molar-refractivity contribution < 1.29 is 19.7 Å². The summed E-state index contributed by atoms with van der Waals surface area (Å²) in [7, 11) is 0. The summed E-state index contributed by atoms with van der Waals surface area (Å²) >= 11 is 0. The molecule has 0 spiro atoms. The summed E-state index contributed by atoms with van der Waals surface area (Å²) < 4.78 is 5.01. The van der Waals surface area contributed by atoms with Crippen molar-refractivity contribution in [1.82, 2.24) is 0 Å². The van der Waals surface area contributed by atoms with Gasteiger partial charge >= 0.3 is 5.97 Å². The Labute approximate surface area is 103 Å². The third kappa shape index (κ3) is 2.33. The molecule has 1 aliphatic carbocycles.